The molecule has 0 saturated heterocycles. The number of nitro groups is 1. The number of nitriles is 1. The number of hydrogen-bond acceptors (Lipinski definition) is 4. The smallest absolute Gasteiger partial charge is 0.269 e. The number of carbonyl (C=O) groups excluding carboxylic acids is 1. The van der Waals surface area contributed by atoms with Crippen molar-refractivity contribution < 1.29 is 9.72 Å². The molecule has 0 spiro atoms. The predicted molar refractivity (Wildman–Crippen MR) is 91.2 cm³/mol. The summed E-state index contributed by atoms with van der Waals surface area (Å²) in [6.07, 6.45) is 1.40. The van der Waals surface area contributed by atoms with Crippen LogP contribution >= 0.6 is 0 Å². The Kier molecular flexibility index (Phi) is 5.07. The molecular weight excluding hydrogens is 306 g/mol. The first kappa shape index (κ1) is 16.9. The lowest BCUT2D eigenvalue weighted by molar-refractivity contribution is -0.384. The fraction of sp³-hybridized carbons (Fsp3) is 0.111. The molecule has 2 aromatic carbocycles. The number of carbonyl (C=O) groups is 1. The summed E-state index contributed by atoms with van der Waals surface area (Å²) >= 11 is 0. The van der Waals surface area contributed by atoms with Crippen LogP contribution in [0.5, 0.6) is 0 Å². The van der Waals surface area contributed by atoms with E-state index in [1.54, 1.807) is 0 Å². The van der Waals surface area contributed by atoms with Gasteiger partial charge in [0.05, 0.1) is 4.92 Å². The third kappa shape index (κ3) is 3.84. The van der Waals surface area contributed by atoms with Gasteiger partial charge in [0.2, 0.25) is 0 Å². The minimum atomic E-state index is -0.520. The summed E-state index contributed by atoms with van der Waals surface area (Å²) in [6, 6.07) is 13.1. The van der Waals surface area contributed by atoms with Crippen LogP contribution in [0.4, 0.5) is 11.4 Å². The van der Waals surface area contributed by atoms with Crippen LogP contribution in [0.1, 0.15) is 16.7 Å². The van der Waals surface area contributed by atoms with Gasteiger partial charge in [0.25, 0.3) is 11.6 Å². The van der Waals surface area contributed by atoms with Crippen molar-refractivity contribution in [2.45, 2.75) is 13.8 Å². The Balaban J connectivity index is 2.26. The Morgan fingerprint density at radius 1 is 1.17 bits per heavy atom. The minimum Gasteiger partial charge on any atom is -0.321 e. The van der Waals surface area contributed by atoms with Crippen molar-refractivity contribution in [1.29, 1.82) is 5.26 Å². The van der Waals surface area contributed by atoms with Gasteiger partial charge in [0.15, 0.2) is 0 Å². The molecule has 0 bridgehead atoms. The molecule has 0 saturated carbocycles. The molecule has 0 aliphatic carbocycles. The zero-order chi connectivity index (χ0) is 17.7. The predicted octanol–water partition coefficient (Wildman–Crippen LogP) is 3.76. The Morgan fingerprint density at radius 3 is 2.25 bits per heavy atom. The number of para-hydroxylation sites is 1. The third-order valence-electron chi connectivity index (χ3n) is 3.50. The molecular formula is C18H15N3O3. The number of benzene rings is 2. The van der Waals surface area contributed by atoms with Crippen LogP contribution in [0.25, 0.3) is 6.08 Å². The maximum Gasteiger partial charge on any atom is 0.269 e. The van der Waals surface area contributed by atoms with Gasteiger partial charge in [-0.3, -0.25) is 14.9 Å². The van der Waals surface area contributed by atoms with E-state index in [1.807, 2.05) is 38.1 Å². The molecule has 24 heavy (non-hydrogen) atoms. The molecule has 120 valence electrons. The van der Waals surface area contributed by atoms with Gasteiger partial charge in [0.1, 0.15) is 11.6 Å². The van der Waals surface area contributed by atoms with Crippen molar-refractivity contribution in [1.82, 2.24) is 0 Å². The van der Waals surface area contributed by atoms with E-state index in [2.05, 4.69) is 5.32 Å². The molecule has 1 amide bonds. The van der Waals surface area contributed by atoms with Crippen molar-refractivity contribution in [2.75, 3.05) is 5.32 Å². The lowest BCUT2D eigenvalue weighted by atomic mass is 10.1. The van der Waals surface area contributed by atoms with E-state index in [1.165, 1.54) is 30.3 Å². The van der Waals surface area contributed by atoms with E-state index in [-0.39, 0.29) is 11.3 Å². The largest absolute Gasteiger partial charge is 0.321 e. The fourth-order valence-electron chi connectivity index (χ4n) is 2.20. The molecule has 1 N–H and O–H groups in total. The normalized spacial score (nSPS) is 10.8. The monoisotopic (exact) mass is 321 g/mol. The number of nitrogens with zero attached hydrogens (tertiary/aromatic N) is 2. The zero-order valence-electron chi connectivity index (χ0n) is 13.2. The number of amides is 1. The number of nitro benzene ring substituents is 1. The zero-order valence-corrected chi connectivity index (χ0v) is 13.2. The number of aryl methyl sites for hydroxylation is 2. The van der Waals surface area contributed by atoms with E-state index in [0.717, 1.165) is 11.1 Å². The Bertz CT molecular complexity index is 842. The lowest BCUT2D eigenvalue weighted by Crippen LogP contribution is -2.15. The highest BCUT2D eigenvalue weighted by atomic mass is 16.6. The van der Waals surface area contributed by atoms with Crippen molar-refractivity contribution in [3.63, 3.8) is 0 Å². The summed E-state index contributed by atoms with van der Waals surface area (Å²) in [5.41, 5.74) is 2.88. The molecule has 0 aliphatic rings. The standard InChI is InChI=1S/C18H15N3O3/c1-12-4-3-5-13(2)17(12)20-18(22)15(11-19)10-14-6-8-16(9-7-14)21(23)24/h3-10H,1-2H3,(H,20,22)/b15-10-. The summed E-state index contributed by atoms with van der Waals surface area (Å²) in [7, 11) is 0. The molecule has 0 aliphatic heterocycles. The molecule has 0 unspecified atom stereocenters. The van der Waals surface area contributed by atoms with Crippen molar-refractivity contribution in [3.05, 3.63) is 74.8 Å². The number of hydrogen-bond donors (Lipinski definition) is 1. The van der Waals surface area contributed by atoms with Crippen LogP contribution in [-0.2, 0) is 4.79 Å². The SMILES string of the molecule is Cc1cccc(C)c1NC(=O)/C(C#N)=C\c1ccc([N+](=O)[O-])cc1. The van der Waals surface area contributed by atoms with Gasteiger partial charge in [-0.25, -0.2) is 0 Å². The molecule has 0 heterocycles. The third-order valence-corrected chi connectivity index (χ3v) is 3.50. The molecule has 2 aromatic rings. The lowest BCUT2D eigenvalue weighted by Gasteiger charge is -2.10. The van der Waals surface area contributed by atoms with Crippen LogP contribution < -0.4 is 5.32 Å². The van der Waals surface area contributed by atoms with E-state index >= 15 is 0 Å². The minimum absolute atomic E-state index is 0.0503. The van der Waals surface area contributed by atoms with Crippen molar-refractivity contribution in [3.8, 4) is 6.07 Å². The second-order valence-corrected chi connectivity index (χ2v) is 5.24. The molecule has 2 rings (SSSR count). The second kappa shape index (κ2) is 7.20. The Morgan fingerprint density at radius 2 is 1.75 bits per heavy atom. The first-order chi connectivity index (χ1) is 11.4. The van der Waals surface area contributed by atoms with Crippen LogP contribution in [0.15, 0.2) is 48.0 Å². The summed E-state index contributed by atoms with van der Waals surface area (Å²) < 4.78 is 0. The van der Waals surface area contributed by atoms with Crippen LogP contribution in [-0.4, -0.2) is 10.8 Å². The first-order valence-corrected chi connectivity index (χ1v) is 7.16. The molecule has 6 heteroatoms. The first-order valence-electron chi connectivity index (χ1n) is 7.16. The highest BCUT2D eigenvalue weighted by molar-refractivity contribution is 6.10. The maximum atomic E-state index is 12.3. The number of nitrogens with one attached hydrogen (secondary N) is 1. The van der Waals surface area contributed by atoms with E-state index in [0.29, 0.717) is 11.3 Å². The van der Waals surface area contributed by atoms with Crippen molar-refractivity contribution in [2.24, 2.45) is 0 Å². The van der Waals surface area contributed by atoms with Gasteiger partial charge in [-0.05, 0) is 48.7 Å². The highest BCUT2D eigenvalue weighted by Gasteiger charge is 2.12. The van der Waals surface area contributed by atoms with Gasteiger partial charge < -0.3 is 5.32 Å². The van der Waals surface area contributed by atoms with Crippen molar-refractivity contribution >= 4 is 23.4 Å². The molecule has 6 nitrogen and oxygen atoms in total. The molecule has 0 aromatic heterocycles. The van der Waals surface area contributed by atoms with E-state index in [4.69, 9.17) is 0 Å². The van der Waals surface area contributed by atoms with E-state index < -0.39 is 10.8 Å². The molecule has 0 atom stereocenters. The van der Waals surface area contributed by atoms with Gasteiger partial charge in [-0.15, -0.1) is 0 Å². The summed E-state index contributed by atoms with van der Waals surface area (Å²) in [5, 5.41) is 22.6. The summed E-state index contributed by atoms with van der Waals surface area (Å²) in [4.78, 5) is 22.4. The number of anilines is 1. The number of rotatable bonds is 4. The van der Waals surface area contributed by atoms with Gasteiger partial charge >= 0.3 is 0 Å². The Labute approximate surface area is 139 Å². The number of non-ortho nitro benzene ring substituents is 1. The van der Waals surface area contributed by atoms with Gasteiger partial charge in [-0.1, -0.05) is 18.2 Å². The second-order valence-electron chi connectivity index (χ2n) is 5.24. The quantitative estimate of drug-likeness (QED) is 0.401. The van der Waals surface area contributed by atoms with Crippen LogP contribution in [0, 0.1) is 35.3 Å². The Hall–Kier alpha value is -3.46. The van der Waals surface area contributed by atoms with E-state index in [9.17, 15) is 20.2 Å². The topological polar surface area (TPSA) is 96.0 Å². The van der Waals surface area contributed by atoms with Gasteiger partial charge in [0, 0.05) is 17.8 Å². The van der Waals surface area contributed by atoms with Crippen LogP contribution in [0.3, 0.4) is 0 Å². The van der Waals surface area contributed by atoms with Crippen LogP contribution in [0.2, 0.25) is 0 Å². The molecule has 0 fully saturated rings. The fourth-order valence-corrected chi connectivity index (χ4v) is 2.20. The maximum absolute atomic E-state index is 12.3. The summed E-state index contributed by atoms with van der Waals surface area (Å²) in [6.45, 7) is 3.74. The van der Waals surface area contributed by atoms with Gasteiger partial charge in [-0.2, -0.15) is 5.26 Å². The highest BCUT2D eigenvalue weighted by Crippen LogP contribution is 2.21. The average Bonchev–Trinajstić information content (AvgIpc) is 2.56. The average molecular weight is 321 g/mol. The molecule has 0 radical (unpaired) electrons. The summed E-state index contributed by atoms with van der Waals surface area (Å²) in [5.74, 6) is -0.520.